The Morgan fingerprint density at radius 3 is 3.13 bits per heavy atom. The fraction of sp³-hybridized carbons (Fsp3) is 0.529. The van der Waals surface area contributed by atoms with Gasteiger partial charge in [-0.05, 0) is 37.8 Å². The maximum atomic E-state index is 12.7. The molecular formula is C17H21N3O3. The van der Waals surface area contributed by atoms with Crippen LogP contribution in [0, 0.1) is 18.3 Å². The number of hydrogen-bond acceptors (Lipinski definition) is 4. The Kier molecular flexibility index (Phi) is 3.30. The highest BCUT2D eigenvalue weighted by atomic mass is 16.3. The average Bonchev–Trinajstić information content (AvgIpc) is 3.28. The molecule has 0 aromatic carbocycles. The van der Waals surface area contributed by atoms with Crippen molar-refractivity contribution in [3.8, 4) is 11.5 Å². The van der Waals surface area contributed by atoms with Crippen molar-refractivity contribution in [2.45, 2.75) is 26.2 Å². The molecule has 1 saturated carbocycles. The third-order valence-corrected chi connectivity index (χ3v) is 5.44. The van der Waals surface area contributed by atoms with E-state index in [0.717, 1.165) is 31.6 Å². The van der Waals surface area contributed by atoms with Crippen LogP contribution in [0.2, 0.25) is 0 Å². The normalized spacial score (nSPS) is 26.7. The quantitative estimate of drug-likeness (QED) is 0.910. The van der Waals surface area contributed by atoms with Gasteiger partial charge < -0.3 is 14.4 Å². The number of carbonyl (C=O) groups is 1. The van der Waals surface area contributed by atoms with Crippen LogP contribution in [0.3, 0.4) is 0 Å². The molecule has 2 fully saturated rings. The van der Waals surface area contributed by atoms with Gasteiger partial charge in [0.15, 0.2) is 11.5 Å². The predicted molar refractivity (Wildman–Crippen MR) is 83.8 cm³/mol. The Morgan fingerprint density at radius 1 is 1.57 bits per heavy atom. The molecule has 1 aliphatic carbocycles. The number of aliphatic hydroxyl groups excluding tert-OH is 1. The lowest BCUT2D eigenvalue weighted by Crippen LogP contribution is -2.34. The summed E-state index contributed by atoms with van der Waals surface area (Å²) in [4.78, 5) is 14.6. The summed E-state index contributed by atoms with van der Waals surface area (Å²) < 4.78 is 5.55. The van der Waals surface area contributed by atoms with Crippen molar-refractivity contribution in [3.63, 3.8) is 0 Å². The number of aliphatic hydroxyl groups is 1. The zero-order valence-corrected chi connectivity index (χ0v) is 13.2. The average molecular weight is 315 g/mol. The van der Waals surface area contributed by atoms with Crippen molar-refractivity contribution >= 4 is 5.91 Å². The number of furan rings is 1. The monoisotopic (exact) mass is 315 g/mol. The zero-order chi connectivity index (χ0) is 16.0. The van der Waals surface area contributed by atoms with Gasteiger partial charge in [0.2, 0.25) is 0 Å². The molecular weight excluding hydrogens is 294 g/mol. The van der Waals surface area contributed by atoms with E-state index in [-0.39, 0.29) is 17.9 Å². The molecule has 0 unspecified atom stereocenters. The number of rotatable bonds is 3. The molecule has 2 N–H and O–H groups in total. The van der Waals surface area contributed by atoms with E-state index in [9.17, 15) is 9.90 Å². The second kappa shape index (κ2) is 5.23. The summed E-state index contributed by atoms with van der Waals surface area (Å²) in [5.74, 6) is 1.85. The predicted octanol–water partition coefficient (Wildman–Crippen LogP) is 2.21. The summed E-state index contributed by atoms with van der Waals surface area (Å²) in [5, 5.41) is 16.8. The largest absolute Gasteiger partial charge is 0.460 e. The van der Waals surface area contributed by atoms with E-state index in [0.29, 0.717) is 29.6 Å². The minimum absolute atomic E-state index is 0.0713. The molecule has 2 aliphatic rings. The van der Waals surface area contributed by atoms with Crippen molar-refractivity contribution in [2.75, 3.05) is 19.7 Å². The molecule has 6 heteroatoms. The highest BCUT2D eigenvalue weighted by Crippen LogP contribution is 2.48. The smallest absolute Gasteiger partial charge is 0.274 e. The first-order chi connectivity index (χ1) is 11.1. The first-order valence-corrected chi connectivity index (χ1v) is 8.14. The van der Waals surface area contributed by atoms with Crippen LogP contribution in [-0.4, -0.2) is 45.8 Å². The van der Waals surface area contributed by atoms with Crippen molar-refractivity contribution in [1.82, 2.24) is 15.1 Å². The summed E-state index contributed by atoms with van der Waals surface area (Å²) in [5.41, 5.74) is 1.02. The fourth-order valence-corrected chi connectivity index (χ4v) is 4.13. The Balaban J connectivity index is 1.53. The number of nitrogens with one attached hydrogen (secondary N) is 1. The number of hydrogen-bond donors (Lipinski definition) is 2. The third kappa shape index (κ3) is 2.28. The molecule has 23 heavy (non-hydrogen) atoms. The highest BCUT2D eigenvalue weighted by molar-refractivity contribution is 5.93. The minimum Gasteiger partial charge on any atom is -0.460 e. The van der Waals surface area contributed by atoms with Crippen LogP contribution in [0.25, 0.3) is 11.5 Å². The number of aromatic amines is 1. The van der Waals surface area contributed by atoms with Crippen molar-refractivity contribution in [1.29, 1.82) is 0 Å². The highest BCUT2D eigenvalue weighted by Gasteiger charge is 2.50. The first kappa shape index (κ1) is 14.5. The number of likely N-dealkylation sites (tertiary alicyclic amines) is 1. The molecule has 2 aromatic rings. The van der Waals surface area contributed by atoms with Gasteiger partial charge >= 0.3 is 0 Å². The van der Waals surface area contributed by atoms with Crippen LogP contribution in [-0.2, 0) is 0 Å². The summed E-state index contributed by atoms with van der Waals surface area (Å²) in [6.45, 7) is 3.40. The van der Waals surface area contributed by atoms with Gasteiger partial charge in [0.1, 0.15) is 11.5 Å². The van der Waals surface area contributed by atoms with Gasteiger partial charge in [-0.15, -0.1) is 0 Å². The van der Waals surface area contributed by atoms with E-state index in [2.05, 4.69) is 10.2 Å². The van der Waals surface area contributed by atoms with Gasteiger partial charge in [-0.25, -0.2) is 0 Å². The van der Waals surface area contributed by atoms with Gasteiger partial charge in [-0.1, -0.05) is 6.42 Å². The van der Waals surface area contributed by atoms with Crippen LogP contribution >= 0.6 is 0 Å². The van der Waals surface area contributed by atoms with Crippen LogP contribution in [0.4, 0.5) is 0 Å². The second-order valence-electron chi connectivity index (χ2n) is 6.87. The number of aryl methyl sites for hydroxylation is 1. The summed E-state index contributed by atoms with van der Waals surface area (Å²) in [6, 6.07) is 5.47. The molecule has 3 heterocycles. The van der Waals surface area contributed by atoms with E-state index >= 15 is 0 Å². The maximum absolute atomic E-state index is 12.7. The lowest BCUT2D eigenvalue weighted by Gasteiger charge is -2.25. The summed E-state index contributed by atoms with van der Waals surface area (Å²) in [6.07, 6.45) is 3.26. The molecule has 4 rings (SSSR count). The van der Waals surface area contributed by atoms with Gasteiger partial charge in [-0.2, -0.15) is 5.10 Å². The number of amides is 1. The Morgan fingerprint density at radius 2 is 2.43 bits per heavy atom. The number of H-pyrrole nitrogens is 1. The van der Waals surface area contributed by atoms with Gasteiger partial charge in [0.05, 0.1) is 6.61 Å². The maximum Gasteiger partial charge on any atom is 0.274 e. The lowest BCUT2D eigenvalue weighted by atomic mass is 9.82. The van der Waals surface area contributed by atoms with Gasteiger partial charge in [0, 0.05) is 24.6 Å². The van der Waals surface area contributed by atoms with Crippen LogP contribution in [0.1, 0.15) is 35.5 Å². The van der Waals surface area contributed by atoms with Gasteiger partial charge in [0.25, 0.3) is 5.91 Å². The Labute approximate surface area is 134 Å². The standard InChI is InChI=1S/C17H21N3O3/c1-11-4-5-15(23-11)13-7-14(19-18-13)16(22)20-8-12-3-2-6-17(12,9-20)10-21/h4-5,7,12,21H,2-3,6,8-10H2,1H3,(H,18,19)/t12-,17+/m0/s1. The molecule has 1 aliphatic heterocycles. The zero-order valence-electron chi connectivity index (χ0n) is 13.2. The van der Waals surface area contributed by atoms with Crippen molar-refractivity contribution in [2.24, 2.45) is 11.3 Å². The molecule has 2 aromatic heterocycles. The molecule has 122 valence electrons. The van der Waals surface area contributed by atoms with Crippen LogP contribution in [0.5, 0.6) is 0 Å². The molecule has 0 radical (unpaired) electrons. The number of nitrogens with zero attached hydrogens (tertiary/aromatic N) is 2. The van der Waals surface area contributed by atoms with E-state index in [1.165, 1.54) is 0 Å². The number of aromatic nitrogens is 2. The molecule has 0 spiro atoms. The lowest BCUT2D eigenvalue weighted by molar-refractivity contribution is 0.0729. The van der Waals surface area contributed by atoms with Crippen molar-refractivity contribution in [3.05, 3.63) is 29.7 Å². The van der Waals surface area contributed by atoms with E-state index in [4.69, 9.17) is 4.42 Å². The Hall–Kier alpha value is -2.08. The minimum atomic E-state index is -0.0904. The third-order valence-electron chi connectivity index (χ3n) is 5.44. The summed E-state index contributed by atoms with van der Waals surface area (Å²) in [7, 11) is 0. The number of carbonyl (C=O) groups excluding carboxylic acids is 1. The van der Waals surface area contributed by atoms with E-state index < -0.39 is 0 Å². The van der Waals surface area contributed by atoms with Crippen molar-refractivity contribution < 1.29 is 14.3 Å². The summed E-state index contributed by atoms with van der Waals surface area (Å²) >= 11 is 0. The molecule has 0 bridgehead atoms. The van der Waals surface area contributed by atoms with Crippen LogP contribution < -0.4 is 0 Å². The number of fused-ring (bicyclic) bond motifs is 1. The molecule has 1 amide bonds. The van der Waals surface area contributed by atoms with Gasteiger partial charge in [-0.3, -0.25) is 9.89 Å². The molecule has 2 atom stereocenters. The molecule has 1 saturated heterocycles. The topological polar surface area (TPSA) is 82.4 Å². The van der Waals surface area contributed by atoms with E-state index in [1.807, 2.05) is 24.0 Å². The Bertz CT molecular complexity index is 735. The molecule has 6 nitrogen and oxygen atoms in total. The van der Waals surface area contributed by atoms with Crippen LogP contribution in [0.15, 0.2) is 22.6 Å². The fourth-order valence-electron chi connectivity index (χ4n) is 4.13. The second-order valence-corrected chi connectivity index (χ2v) is 6.87. The van der Waals surface area contributed by atoms with E-state index in [1.54, 1.807) is 6.07 Å². The first-order valence-electron chi connectivity index (χ1n) is 8.14. The SMILES string of the molecule is Cc1ccc(-c2cc(C(=O)N3C[C@@H]4CCC[C@]4(CO)C3)n[nH]2)o1.